The molecular formula is C15H24N4O. The van der Waals surface area contributed by atoms with E-state index in [-0.39, 0.29) is 5.91 Å². The summed E-state index contributed by atoms with van der Waals surface area (Å²) in [4.78, 5) is 20.7. The zero-order chi connectivity index (χ0) is 14.2. The van der Waals surface area contributed by atoms with Crippen LogP contribution in [0.4, 0.5) is 0 Å². The van der Waals surface area contributed by atoms with Gasteiger partial charge in [0.1, 0.15) is 0 Å². The molecule has 1 saturated heterocycles. The van der Waals surface area contributed by atoms with Crippen molar-refractivity contribution in [1.82, 2.24) is 20.1 Å². The highest BCUT2D eigenvalue weighted by Crippen LogP contribution is 2.07. The number of aromatic nitrogens is 1. The van der Waals surface area contributed by atoms with Gasteiger partial charge < -0.3 is 10.2 Å². The second-order valence-corrected chi connectivity index (χ2v) is 5.08. The first-order valence-electron chi connectivity index (χ1n) is 7.40. The summed E-state index contributed by atoms with van der Waals surface area (Å²) in [6, 6.07) is 6.00. The van der Waals surface area contributed by atoms with Crippen molar-refractivity contribution in [2.24, 2.45) is 0 Å². The number of pyridine rings is 1. The van der Waals surface area contributed by atoms with Gasteiger partial charge in [-0.25, -0.2) is 0 Å². The fourth-order valence-corrected chi connectivity index (χ4v) is 2.41. The third-order valence-corrected chi connectivity index (χ3v) is 3.60. The Balaban J connectivity index is 1.71. The molecule has 0 unspecified atom stereocenters. The van der Waals surface area contributed by atoms with Crippen LogP contribution in [0.3, 0.4) is 0 Å². The van der Waals surface area contributed by atoms with Crippen LogP contribution in [0, 0.1) is 0 Å². The molecule has 2 rings (SSSR count). The van der Waals surface area contributed by atoms with Crippen molar-refractivity contribution in [3.8, 4) is 0 Å². The van der Waals surface area contributed by atoms with Gasteiger partial charge in [0.25, 0.3) is 0 Å². The minimum atomic E-state index is 0.267. The minimum absolute atomic E-state index is 0.267. The maximum atomic E-state index is 12.0. The second kappa shape index (κ2) is 7.97. The predicted molar refractivity (Wildman–Crippen MR) is 79.3 cm³/mol. The van der Waals surface area contributed by atoms with Gasteiger partial charge in [-0.15, -0.1) is 0 Å². The number of rotatable bonds is 6. The average Bonchev–Trinajstić information content (AvgIpc) is 2.49. The number of nitrogens with zero attached hydrogens (tertiary/aromatic N) is 3. The number of carbonyl (C=O) groups is 1. The fraction of sp³-hybridized carbons (Fsp3) is 0.600. The summed E-state index contributed by atoms with van der Waals surface area (Å²) in [5, 5.41) is 3.19. The van der Waals surface area contributed by atoms with Gasteiger partial charge in [-0.05, 0) is 18.7 Å². The highest BCUT2D eigenvalue weighted by molar-refractivity contribution is 5.76. The monoisotopic (exact) mass is 276 g/mol. The number of amides is 1. The summed E-state index contributed by atoms with van der Waals surface area (Å²) in [6.45, 7) is 8.17. The van der Waals surface area contributed by atoms with Gasteiger partial charge in [0.2, 0.25) is 5.91 Å². The summed E-state index contributed by atoms with van der Waals surface area (Å²) < 4.78 is 0. The van der Waals surface area contributed by atoms with Crippen molar-refractivity contribution >= 4 is 5.91 Å². The highest BCUT2D eigenvalue weighted by atomic mass is 16.2. The van der Waals surface area contributed by atoms with Crippen LogP contribution >= 0.6 is 0 Å². The third-order valence-electron chi connectivity index (χ3n) is 3.60. The molecule has 0 atom stereocenters. The van der Waals surface area contributed by atoms with Crippen LogP contribution in [-0.4, -0.2) is 60.0 Å². The van der Waals surface area contributed by atoms with E-state index in [2.05, 4.69) is 22.1 Å². The van der Waals surface area contributed by atoms with Crippen LogP contribution in [0.2, 0.25) is 0 Å². The molecular weight excluding hydrogens is 252 g/mol. The van der Waals surface area contributed by atoms with Gasteiger partial charge in [0.15, 0.2) is 0 Å². The lowest BCUT2D eigenvalue weighted by Gasteiger charge is -2.34. The number of nitrogens with one attached hydrogen (secondary N) is 1. The molecule has 1 aliphatic heterocycles. The first kappa shape index (κ1) is 14.9. The third kappa shape index (κ3) is 4.58. The maximum Gasteiger partial charge on any atom is 0.223 e. The van der Waals surface area contributed by atoms with E-state index in [1.165, 1.54) is 0 Å². The van der Waals surface area contributed by atoms with Crippen molar-refractivity contribution in [2.45, 2.75) is 19.9 Å². The fourth-order valence-electron chi connectivity index (χ4n) is 2.41. The molecule has 5 nitrogen and oxygen atoms in total. The SMILES string of the molecule is CCNCCC(=O)N1CCN(Cc2ccccn2)CC1. The van der Waals surface area contributed by atoms with E-state index in [4.69, 9.17) is 0 Å². The van der Waals surface area contributed by atoms with E-state index in [1.807, 2.05) is 29.3 Å². The minimum Gasteiger partial charge on any atom is -0.340 e. The molecule has 0 bridgehead atoms. The van der Waals surface area contributed by atoms with Crippen LogP contribution in [0.15, 0.2) is 24.4 Å². The van der Waals surface area contributed by atoms with Crippen LogP contribution < -0.4 is 5.32 Å². The molecule has 1 aromatic heterocycles. The Kier molecular flexibility index (Phi) is 5.95. The molecule has 1 aromatic rings. The van der Waals surface area contributed by atoms with Gasteiger partial charge in [0.05, 0.1) is 5.69 Å². The van der Waals surface area contributed by atoms with E-state index in [1.54, 1.807) is 0 Å². The summed E-state index contributed by atoms with van der Waals surface area (Å²) in [7, 11) is 0. The van der Waals surface area contributed by atoms with Gasteiger partial charge in [-0.3, -0.25) is 14.7 Å². The molecule has 0 spiro atoms. The van der Waals surface area contributed by atoms with Gasteiger partial charge >= 0.3 is 0 Å². The van der Waals surface area contributed by atoms with E-state index >= 15 is 0 Å². The molecule has 1 N–H and O–H groups in total. The lowest BCUT2D eigenvalue weighted by molar-refractivity contribution is -0.132. The van der Waals surface area contributed by atoms with Crippen LogP contribution in [0.1, 0.15) is 19.0 Å². The number of piperazine rings is 1. The Hall–Kier alpha value is -1.46. The molecule has 1 amide bonds. The Morgan fingerprint density at radius 1 is 1.30 bits per heavy atom. The normalized spacial score (nSPS) is 16.4. The zero-order valence-electron chi connectivity index (χ0n) is 12.2. The molecule has 1 fully saturated rings. The molecule has 2 heterocycles. The lowest BCUT2D eigenvalue weighted by Crippen LogP contribution is -2.48. The summed E-state index contributed by atoms with van der Waals surface area (Å²) in [5.41, 5.74) is 1.10. The molecule has 0 saturated carbocycles. The standard InChI is InChI=1S/C15H24N4O/c1-2-16-8-6-15(20)19-11-9-18(10-12-19)13-14-5-3-4-7-17-14/h3-5,7,16H,2,6,8-13H2,1H3. The Bertz CT molecular complexity index is 402. The summed E-state index contributed by atoms with van der Waals surface area (Å²) >= 11 is 0. The lowest BCUT2D eigenvalue weighted by atomic mass is 10.2. The average molecular weight is 276 g/mol. The van der Waals surface area contributed by atoms with Crippen molar-refractivity contribution in [3.63, 3.8) is 0 Å². The molecule has 20 heavy (non-hydrogen) atoms. The smallest absolute Gasteiger partial charge is 0.223 e. The van der Waals surface area contributed by atoms with Crippen LogP contribution in [-0.2, 0) is 11.3 Å². The molecule has 110 valence electrons. The molecule has 0 aromatic carbocycles. The topological polar surface area (TPSA) is 48.5 Å². The van der Waals surface area contributed by atoms with E-state index < -0.39 is 0 Å². The maximum absolute atomic E-state index is 12.0. The first-order valence-corrected chi connectivity index (χ1v) is 7.40. The molecule has 0 aliphatic carbocycles. The largest absolute Gasteiger partial charge is 0.340 e. The number of carbonyl (C=O) groups excluding carboxylic acids is 1. The van der Waals surface area contributed by atoms with Gasteiger partial charge in [-0.2, -0.15) is 0 Å². The second-order valence-electron chi connectivity index (χ2n) is 5.08. The Morgan fingerprint density at radius 2 is 2.10 bits per heavy atom. The molecule has 5 heteroatoms. The van der Waals surface area contributed by atoms with Crippen molar-refractivity contribution in [2.75, 3.05) is 39.3 Å². The zero-order valence-corrected chi connectivity index (χ0v) is 12.2. The number of hydrogen-bond donors (Lipinski definition) is 1. The Morgan fingerprint density at radius 3 is 2.75 bits per heavy atom. The molecule has 0 radical (unpaired) electrons. The van der Waals surface area contributed by atoms with E-state index in [0.29, 0.717) is 6.42 Å². The quantitative estimate of drug-likeness (QED) is 0.778. The summed E-state index contributed by atoms with van der Waals surface area (Å²) in [5.74, 6) is 0.267. The highest BCUT2D eigenvalue weighted by Gasteiger charge is 2.20. The predicted octanol–water partition coefficient (Wildman–Crippen LogP) is 0.725. The van der Waals surface area contributed by atoms with E-state index in [9.17, 15) is 4.79 Å². The Labute approximate surface area is 121 Å². The number of hydrogen-bond acceptors (Lipinski definition) is 4. The van der Waals surface area contributed by atoms with Crippen LogP contribution in [0.25, 0.3) is 0 Å². The van der Waals surface area contributed by atoms with Crippen molar-refractivity contribution in [1.29, 1.82) is 0 Å². The van der Waals surface area contributed by atoms with Gasteiger partial charge in [-0.1, -0.05) is 13.0 Å². The summed E-state index contributed by atoms with van der Waals surface area (Å²) in [6.07, 6.45) is 2.43. The van der Waals surface area contributed by atoms with Crippen molar-refractivity contribution < 1.29 is 4.79 Å². The van der Waals surface area contributed by atoms with E-state index in [0.717, 1.165) is 51.5 Å². The first-order chi connectivity index (χ1) is 9.79. The van der Waals surface area contributed by atoms with Crippen LogP contribution in [0.5, 0.6) is 0 Å². The van der Waals surface area contributed by atoms with Gasteiger partial charge in [0, 0.05) is 51.9 Å². The van der Waals surface area contributed by atoms with Crippen molar-refractivity contribution in [3.05, 3.63) is 30.1 Å². The molecule has 1 aliphatic rings.